The molecule has 1 aromatic carbocycles. The van der Waals surface area contributed by atoms with Gasteiger partial charge in [-0.25, -0.2) is 0 Å². The zero-order valence-corrected chi connectivity index (χ0v) is 12.3. The Morgan fingerprint density at radius 1 is 1.05 bits per heavy atom. The van der Waals surface area contributed by atoms with Gasteiger partial charge in [-0.2, -0.15) is 0 Å². The first-order valence-corrected chi connectivity index (χ1v) is 7.05. The molecule has 0 amide bonds. The van der Waals surface area contributed by atoms with Crippen LogP contribution in [0.4, 0.5) is 6.01 Å². The Hall–Kier alpha value is -1.88. The summed E-state index contributed by atoms with van der Waals surface area (Å²) in [4.78, 5) is 0. The maximum Gasteiger partial charge on any atom is 0.315 e. The highest BCUT2D eigenvalue weighted by molar-refractivity contribution is 5.26. The van der Waals surface area contributed by atoms with Crippen LogP contribution in [0.2, 0.25) is 0 Å². The van der Waals surface area contributed by atoms with Crippen LogP contribution >= 0.6 is 0 Å². The third kappa shape index (κ3) is 4.35. The number of anilines is 1. The number of nitrogens with one attached hydrogen (secondary N) is 2. The molecule has 2 N–H and O–H groups in total. The summed E-state index contributed by atoms with van der Waals surface area (Å²) in [6.45, 7) is 7.59. The van der Waals surface area contributed by atoms with Crippen molar-refractivity contribution in [2.24, 2.45) is 0 Å². The number of aromatic nitrogens is 2. The monoisotopic (exact) mass is 274 g/mol. The van der Waals surface area contributed by atoms with Crippen molar-refractivity contribution in [3.05, 3.63) is 41.3 Å². The minimum atomic E-state index is 0.399. The van der Waals surface area contributed by atoms with Crippen molar-refractivity contribution >= 4 is 6.01 Å². The van der Waals surface area contributed by atoms with Gasteiger partial charge in [0, 0.05) is 12.6 Å². The Kier molecular flexibility index (Phi) is 5.12. The third-order valence-electron chi connectivity index (χ3n) is 3.00. The van der Waals surface area contributed by atoms with Gasteiger partial charge < -0.3 is 15.1 Å². The fraction of sp³-hybridized carbons (Fsp3) is 0.467. The molecule has 0 bridgehead atoms. The van der Waals surface area contributed by atoms with Crippen LogP contribution in [0.15, 0.2) is 28.7 Å². The van der Waals surface area contributed by atoms with Crippen molar-refractivity contribution in [1.29, 1.82) is 0 Å². The molecular formula is C15H22N4O. The fourth-order valence-corrected chi connectivity index (χ4v) is 1.76. The van der Waals surface area contributed by atoms with Crippen LogP contribution in [0.25, 0.3) is 0 Å². The molecule has 2 aromatic rings. The predicted octanol–water partition coefficient (Wildman–Crippen LogP) is 2.74. The Morgan fingerprint density at radius 3 is 2.40 bits per heavy atom. The fourth-order valence-electron chi connectivity index (χ4n) is 1.76. The van der Waals surface area contributed by atoms with E-state index in [1.54, 1.807) is 0 Å². The summed E-state index contributed by atoms with van der Waals surface area (Å²) in [5.41, 5.74) is 2.54. The molecule has 2 rings (SSSR count). The molecular weight excluding hydrogens is 252 g/mol. The first kappa shape index (κ1) is 14.5. The first-order valence-electron chi connectivity index (χ1n) is 7.05. The smallest absolute Gasteiger partial charge is 0.315 e. The van der Waals surface area contributed by atoms with Crippen molar-refractivity contribution in [2.75, 3.05) is 5.32 Å². The molecule has 0 unspecified atom stereocenters. The highest BCUT2D eigenvalue weighted by Gasteiger charge is 2.05. The molecule has 0 aliphatic heterocycles. The first-order chi connectivity index (χ1) is 9.67. The van der Waals surface area contributed by atoms with Gasteiger partial charge in [-0.1, -0.05) is 50.1 Å². The summed E-state index contributed by atoms with van der Waals surface area (Å²) < 4.78 is 5.50. The number of hydrogen-bond donors (Lipinski definition) is 2. The van der Waals surface area contributed by atoms with Gasteiger partial charge in [0.05, 0.1) is 6.54 Å². The molecule has 20 heavy (non-hydrogen) atoms. The Labute approximate surface area is 119 Å². The Bertz CT molecular complexity index is 519. The largest absolute Gasteiger partial charge is 0.407 e. The quantitative estimate of drug-likeness (QED) is 0.813. The minimum Gasteiger partial charge on any atom is -0.407 e. The standard InChI is InChI=1S/C15H22N4O/c1-4-12-5-7-13(8-6-12)9-17-15-19-18-14(20-15)10-16-11(2)3/h5-8,11,16H,4,9-10H2,1-3H3,(H,17,19). The van der Waals surface area contributed by atoms with Gasteiger partial charge in [-0.3, -0.25) is 0 Å². The summed E-state index contributed by atoms with van der Waals surface area (Å²) in [7, 11) is 0. The van der Waals surface area contributed by atoms with Crippen molar-refractivity contribution in [2.45, 2.75) is 46.3 Å². The maximum atomic E-state index is 5.50. The van der Waals surface area contributed by atoms with Gasteiger partial charge in [0.25, 0.3) is 0 Å². The van der Waals surface area contributed by atoms with Gasteiger partial charge in [-0.15, -0.1) is 5.10 Å². The highest BCUT2D eigenvalue weighted by Crippen LogP contribution is 2.09. The predicted molar refractivity (Wildman–Crippen MR) is 79.4 cm³/mol. The van der Waals surface area contributed by atoms with E-state index in [1.807, 2.05) is 0 Å². The molecule has 1 aromatic heterocycles. The summed E-state index contributed by atoms with van der Waals surface area (Å²) >= 11 is 0. The SMILES string of the molecule is CCc1ccc(CNc2nnc(CNC(C)C)o2)cc1. The summed E-state index contributed by atoms with van der Waals surface area (Å²) in [5, 5.41) is 14.3. The van der Waals surface area contributed by atoms with E-state index >= 15 is 0 Å². The van der Waals surface area contributed by atoms with Gasteiger partial charge >= 0.3 is 6.01 Å². The molecule has 0 aliphatic rings. The highest BCUT2D eigenvalue weighted by atomic mass is 16.4. The molecule has 0 saturated heterocycles. The maximum absolute atomic E-state index is 5.50. The lowest BCUT2D eigenvalue weighted by atomic mass is 10.1. The average molecular weight is 274 g/mol. The molecule has 0 spiro atoms. The zero-order valence-electron chi connectivity index (χ0n) is 12.3. The number of nitrogens with zero attached hydrogens (tertiary/aromatic N) is 2. The summed E-state index contributed by atoms with van der Waals surface area (Å²) in [6.07, 6.45) is 1.06. The van der Waals surface area contributed by atoms with E-state index in [4.69, 9.17) is 4.42 Å². The Balaban J connectivity index is 1.84. The van der Waals surface area contributed by atoms with Crippen molar-refractivity contribution < 1.29 is 4.42 Å². The normalized spacial score (nSPS) is 11.0. The van der Waals surface area contributed by atoms with Gasteiger partial charge in [0.2, 0.25) is 5.89 Å². The van der Waals surface area contributed by atoms with E-state index in [0.29, 0.717) is 31.0 Å². The molecule has 0 fully saturated rings. The summed E-state index contributed by atoms with van der Waals surface area (Å²) in [5.74, 6) is 0.600. The summed E-state index contributed by atoms with van der Waals surface area (Å²) in [6, 6.07) is 9.37. The van der Waals surface area contributed by atoms with Gasteiger partial charge in [-0.05, 0) is 17.5 Å². The van der Waals surface area contributed by atoms with Crippen LogP contribution in [-0.2, 0) is 19.5 Å². The van der Waals surface area contributed by atoms with Gasteiger partial charge in [0.15, 0.2) is 0 Å². The minimum absolute atomic E-state index is 0.399. The lowest BCUT2D eigenvalue weighted by Crippen LogP contribution is -2.21. The van der Waals surface area contributed by atoms with E-state index < -0.39 is 0 Å². The molecule has 1 heterocycles. The molecule has 0 atom stereocenters. The van der Waals surface area contributed by atoms with E-state index in [9.17, 15) is 0 Å². The van der Waals surface area contributed by atoms with Crippen LogP contribution < -0.4 is 10.6 Å². The topological polar surface area (TPSA) is 63.0 Å². The van der Waals surface area contributed by atoms with E-state index in [-0.39, 0.29) is 0 Å². The molecule has 5 heteroatoms. The van der Waals surface area contributed by atoms with E-state index in [0.717, 1.165) is 6.42 Å². The second-order valence-electron chi connectivity index (χ2n) is 5.06. The second-order valence-corrected chi connectivity index (χ2v) is 5.06. The van der Waals surface area contributed by atoms with Crippen molar-refractivity contribution in [1.82, 2.24) is 15.5 Å². The lowest BCUT2D eigenvalue weighted by molar-refractivity contribution is 0.458. The molecule has 5 nitrogen and oxygen atoms in total. The molecule has 0 radical (unpaired) electrons. The Morgan fingerprint density at radius 2 is 1.75 bits per heavy atom. The van der Waals surface area contributed by atoms with E-state index in [1.165, 1.54) is 11.1 Å². The van der Waals surface area contributed by atoms with Crippen LogP contribution in [0.5, 0.6) is 0 Å². The number of benzene rings is 1. The lowest BCUT2D eigenvalue weighted by Gasteiger charge is -2.04. The van der Waals surface area contributed by atoms with E-state index in [2.05, 4.69) is 65.9 Å². The van der Waals surface area contributed by atoms with Gasteiger partial charge in [0.1, 0.15) is 0 Å². The molecule has 0 saturated carbocycles. The zero-order chi connectivity index (χ0) is 14.4. The molecule has 108 valence electrons. The van der Waals surface area contributed by atoms with Crippen LogP contribution in [0.1, 0.15) is 37.8 Å². The average Bonchev–Trinajstić information content (AvgIpc) is 2.91. The second kappa shape index (κ2) is 7.05. The number of rotatable bonds is 7. The van der Waals surface area contributed by atoms with Crippen molar-refractivity contribution in [3.8, 4) is 0 Å². The third-order valence-corrected chi connectivity index (χ3v) is 3.00. The van der Waals surface area contributed by atoms with Crippen LogP contribution in [0.3, 0.4) is 0 Å². The number of hydrogen-bond acceptors (Lipinski definition) is 5. The van der Waals surface area contributed by atoms with Crippen molar-refractivity contribution in [3.63, 3.8) is 0 Å². The molecule has 0 aliphatic carbocycles. The van der Waals surface area contributed by atoms with Crippen LogP contribution in [0, 0.1) is 0 Å². The number of aryl methyl sites for hydroxylation is 1. The van der Waals surface area contributed by atoms with Crippen LogP contribution in [-0.4, -0.2) is 16.2 Å².